The first-order valence-electron chi connectivity index (χ1n) is 7.13. The number of nitrogens with zero attached hydrogens (tertiary/aromatic N) is 2. The zero-order valence-corrected chi connectivity index (χ0v) is 12.5. The van der Waals surface area contributed by atoms with Crippen molar-refractivity contribution < 1.29 is 9.18 Å². The normalized spacial score (nSPS) is 18.2. The van der Waals surface area contributed by atoms with Gasteiger partial charge < -0.3 is 0 Å². The van der Waals surface area contributed by atoms with Gasteiger partial charge in [0.25, 0.3) is 0 Å². The van der Waals surface area contributed by atoms with Gasteiger partial charge in [0.2, 0.25) is 0 Å². The Morgan fingerprint density at radius 1 is 1.15 bits per heavy atom. The summed E-state index contributed by atoms with van der Waals surface area (Å²) in [6.07, 6.45) is 0. The number of hydrogen-bond acceptors (Lipinski definition) is 3. The second-order valence-corrected chi connectivity index (χ2v) is 6.34. The van der Waals surface area contributed by atoms with Crippen LogP contribution in [-0.4, -0.2) is 53.8 Å². The fourth-order valence-electron chi connectivity index (χ4n) is 2.55. The molecule has 3 nitrogen and oxygen atoms in total. The summed E-state index contributed by atoms with van der Waals surface area (Å²) >= 11 is 0. The number of carbonyl (C=O) groups excluding carboxylic acids is 1. The smallest absolute Gasteiger partial charge is 0.179 e. The summed E-state index contributed by atoms with van der Waals surface area (Å²) in [5.41, 5.74) is 0.368. The maximum Gasteiger partial charge on any atom is 0.179 e. The molecule has 0 spiro atoms. The summed E-state index contributed by atoms with van der Waals surface area (Å²) in [6, 6.07) is 6.20. The van der Waals surface area contributed by atoms with E-state index in [2.05, 4.69) is 30.6 Å². The maximum absolute atomic E-state index is 13.6. The Kier molecular flexibility index (Phi) is 4.55. The molecule has 1 saturated heterocycles. The number of halogens is 1. The standard InChI is InChI=1S/C16H23FN2O/c1-16(2,3)19-10-8-18(9-11-19)12-15(20)13-6-4-5-7-14(13)17/h4-7H,8-12H2,1-3H3. The Morgan fingerprint density at radius 2 is 1.75 bits per heavy atom. The monoisotopic (exact) mass is 278 g/mol. The molecule has 110 valence electrons. The molecule has 1 aromatic rings. The fourth-order valence-corrected chi connectivity index (χ4v) is 2.55. The molecule has 0 radical (unpaired) electrons. The van der Waals surface area contributed by atoms with Gasteiger partial charge in [-0.3, -0.25) is 14.6 Å². The second kappa shape index (κ2) is 6.02. The van der Waals surface area contributed by atoms with Gasteiger partial charge in [-0.05, 0) is 32.9 Å². The minimum absolute atomic E-state index is 0.132. The van der Waals surface area contributed by atoms with Crippen LogP contribution in [0.5, 0.6) is 0 Å². The van der Waals surface area contributed by atoms with Gasteiger partial charge >= 0.3 is 0 Å². The third-order valence-electron chi connectivity index (χ3n) is 3.86. The van der Waals surface area contributed by atoms with Crippen molar-refractivity contribution in [1.29, 1.82) is 0 Å². The maximum atomic E-state index is 13.6. The van der Waals surface area contributed by atoms with Gasteiger partial charge in [-0.25, -0.2) is 4.39 Å². The minimum Gasteiger partial charge on any atom is -0.296 e. The first kappa shape index (κ1) is 15.1. The minimum atomic E-state index is -0.425. The molecule has 1 heterocycles. The van der Waals surface area contributed by atoms with Crippen LogP contribution in [-0.2, 0) is 0 Å². The lowest BCUT2D eigenvalue weighted by atomic mass is 10.0. The Balaban J connectivity index is 1.90. The van der Waals surface area contributed by atoms with Crippen LogP contribution in [0, 0.1) is 5.82 Å². The van der Waals surface area contributed by atoms with Gasteiger partial charge in [-0.2, -0.15) is 0 Å². The molecule has 0 aromatic heterocycles. The topological polar surface area (TPSA) is 23.6 Å². The molecule has 0 amide bonds. The van der Waals surface area contributed by atoms with Gasteiger partial charge in [-0.15, -0.1) is 0 Å². The fraction of sp³-hybridized carbons (Fsp3) is 0.562. The van der Waals surface area contributed by atoms with E-state index >= 15 is 0 Å². The van der Waals surface area contributed by atoms with Gasteiger partial charge in [-0.1, -0.05) is 12.1 Å². The molecule has 0 bridgehead atoms. The Bertz CT molecular complexity index is 474. The summed E-state index contributed by atoms with van der Waals surface area (Å²) in [7, 11) is 0. The van der Waals surface area contributed by atoms with Crippen LogP contribution in [0.2, 0.25) is 0 Å². The predicted molar refractivity (Wildman–Crippen MR) is 78.5 cm³/mol. The largest absolute Gasteiger partial charge is 0.296 e. The van der Waals surface area contributed by atoms with Crippen molar-refractivity contribution in [3.8, 4) is 0 Å². The molecule has 0 atom stereocenters. The van der Waals surface area contributed by atoms with E-state index in [0.29, 0.717) is 6.54 Å². The molecule has 1 fully saturated rings. The van der Waals surface area contributed by atoms with E-state index < -0.39 is 5.82 Å². The Labute approximate surface area is 120 Å². The summed E-state index contributed by atoms with van der Waals surface area (Å²) < 4.78 is 13.6. The van der Waals surface area contributed by atoms with Crippen LogP contribution < -0.4 is 0 Å². The van der Waals surface area contributed by atoms with Crippen LogP contribution in [0.15, 0.2) is 24.3 Å². The number of ketones is 1. The highest BCUT2D eigenvalue weighted by Gasteiger charge is 2.26. The van der Waals surface area contributed by atoms with E-state index in [-0.39, 0.29) is 16.9 Å². The first-order valence-corrected chi connectivity index (χ1v) is 7.13. The van der Waals surface area contributed by atoms with Gasteiger partial charge in [0.15, 0.2) is 5.78 Å². The Hall–Kier alpha value is -1.26. The molecule has 4 heteroatoms. The van der Waals surface area contributed by atoms with Crippen LogP contribution in [0.4, 0.5) is 4.39 Å². The molecular weight excluding hydrogens is 255 g/mol. The highest BCUT2D eigenvalue weighted by molar-refractivity contribution is 5.97. The van der Waals surface area contributed by atoms with Crippen LogP contribution in [0.25, 0.3) is 0 Å². The van der Waals surface area contributed by atoms with Crippen LogP contribution in [0.1, 0.15) is 31.1 Å². The quantitative estimate of drug-likeness (QED) is 0.793. The molecule has 1 aliphatic heterocycles. The Morgan fingerprint density at radius 3 is 2.30 bits per heavy atom. The molecular formula is C16H23FN2O. The molecule has 1 aromatic carbocycles. The summed E-state index contributed by atoms with van der Waals surface area (Å²) in [4.78, 5) is 16.6. The van der Waals surface area contributed by atoms with Gasteiger partial charge in [0.1, 0.15) is 5.82 Å². The third kappa shape index (κ3) is 3.64. The van der Waals surface area contributed by atoms with Crippen LogP contribution in [0.3, 0.4) is 0 Å². The predicted octanol–water partition coefficient (Wildman–Crippen LogP) is 2.42. The van der Waals surface area contributed by atoms with E-state index in [9.17, 15) is 9.18 Å². The van der Waals surface area contributed by atoms with Crippen molar-refractivity contribution in [2.45, 2.75) is 26.3 Å². The lowest BCUT2D eigenvalue weighted by Crippen LogP contribution is -2.54. The van der Waals surface area contributed by atoms with Crippen molar-refractivity contribution in [3.63, 3.8) is 0 Å². The average Bonchev–Trinajstić information content (AvgIpc) is 2.38. The average molecular weight is 278 g/mol. The van der Waals surface area contributed by atoms with Crippen molar-refractivity contribution in [2.24, 2.45) is 0 Å². The van der Waals surface area contributed by atoms with Crippen molar-refractivity contribution in [2.75, 3.05) is 32.7 Å². The number of hydrogen-bond donors (Lipinski definition) is 0. The van der Waals surface area contributed by atoms with E-state index in [1.165, 1.54) is 6.07 Å². The zero-order chi connectivity index (χ0) is 14.8. The van der Waals surface area contributed by atoms with Gasteiger partial charge in [0, 0.05) is 31.7 Å². The molecule has 0 aliphatic carbocycles. The first-order chi connectivity index (χ1) is 9.38. The number of rotatable bonds is 3. The van der Waals surface area contributed by atoms with E-state index in [4.69, 9.17) is 0 Å². The summed E-state index contributed by atoms with van der Waals surface area (Å²) in [6.45, 7) is 10.5. The number of carbonyl (C=O) groups is 1. The molecule has 2 rings (SSSR count). The highest BCUT2D eigenvalue weighted by Crippen LogP contribution is 2.16. The van der Waals surface area contributed by atoms with E-state index in [1.54, 1.807) is 18.2 Å². The lowest BCUT2D eigenvalue weighted by Gasteiger charge is -2.42. The number of Topliss-reactive ketones (excluding diaryl/α,β-unsaturated/α-hetero) is 1. The van der Waals surface area contributed by atoms with Crippen molar-refractivity contribution in [1.82, 2.24) is 9.80 Å². The number of benzene rings is 1. The molecule has 20 heavy (non-hydrogen) atoms. The number of piperazine rings is 1. The highest BCUT2D eigenvalue weighted by atomic mass is 19.1. The summed E-state index contributed by atoms with van der Waals surface area (Å²) in [5.74, 6) is -0.557. The van der Waals surface area contributed by atoms with E-state index in [1.807, 2.05) is 0 Å². The molecule has 0 saturated carbocycles. The van der Waals surface area contributed by atoms with Gasteiger partial charge in [0.05, 0.1) is 12.1 Å². The third-order valence-corrected chi connectivity index (χ3v) is 3.86. The lowest BCUT2D eigenvalue weighted by molar-refractivity contribution is 0.0578. The second-order valence-electron chi connectivity index (χ2n) is 6.34. The molecule has 0 N–H and O–H groups in total. The van der Waals surface area contributed by atoms with E-state index in [0.717, 1.165) is 26.2 Å². The van der Waals surface area contributed by atoms with Crippen LogP contribution >= 0.6 is 0 Å². The zero-order valence-electron chi connectivity index (χ0n) is 12.5. The SMILES string of the molecule is CC(C)(C)N1CCN(CC(=O)c2ccccc2F)CC1. The summed E-state index contributed by atoms with van der Waals surface area (Å²) in [5, 5.41) is 0. The molecule has 0 unspecified atom stereocenters. The molecule has 1 aliphatic rings. The van der Waals surface area contributed by atoms with Crippen molar-refractivity contribution >= 4 is 5.78 Å². The van der Waals surface area contributed by atoms with Crippen molar-refractivity contribution in [3.05, 3.63) is 35.6 Å².